The number of hydrogen-bond donors (Lipinski definition) is 2. The monoisotopic (exact) mass is 542 g/mol. The lowest BCUT2D eigenvalue weighted by Crippen LogP contribution is -2.18. The van der Waals surface area contributed by atoms with Crippen molar-refractivity contribution in [2.24, 2.45) is 5.16 Å². The fourth-order valence-electron chi connectivity index (χ4n) is 3.20. The minimum Gasteiger partial charge on any atom is -0.410 e. The van der Waals surface area contributed by atoms with Crippen LogP contribution < -0.4 is 9.46 Å². The van der Waals surface area contributed by atoms with E-state index in [4.69, 9.17) is 0 Å². The third-order valence-corrected chi connectivity index (χ3v) is 6.81. The summed E-state index contributed by atoms with van der Waals surface area (Å²) in [5.74, 6) is -1.43. The van der Waals surface area contributed by atoms with E-state index in [1.54, 1.807) is 24.3 Å². The molecular formula is C25H26F4N2O3S2. The van der Waals surface area contributed by atoms with E-state index in [1.165, 1.54) is 36.2 Å². The van der Waals surface area contributed by atoms with Gasteiger partial charge in [0.15, 0.2) is 0 Å². The standard InChI is InChI=1S/C23H20F4N2O3S2.C2H6/c1-14(29-33-2)15-7-9-16(10-8-15)22(28-30)18-12-11-17(32-23(25,26)27)13-21(18)34(31)20-6-4-3-5-19(20)24;1-2/h3-14,29-30H,1-2H3;1-2H3/b28-22+;/t14-,34?;/m0./s1. The summed E-state index contributed by atoms with van der Waals surface area (Å²) in [6, 6.07) is 15.2. The van der Waals surface area contributed by atoms with Crippen LogP contribution in [0.2, 0.25) is 0 Å². The van der Waals surface area contributed by atoms with Gasteiger partial charge in [-0.15, -0.1) is 13.2 Å². The van der Waals surface area contributed by atoms with Crippen LogP contribution in [-0.4, -0.2) is 27.7 Å². The Labute approximate surface area is 214 Å². The van der Waals surface area contributed by atoms with Crippen LogP contribution >= 0.6 is 11.9 Å². The van der Waals surface area contributed by atoms with Gasteiger partial charge in [0.1, 0.15) is 17.3 Å². The lowest BCUT2D eigenvalue weighted by atomic mass is 9.99. The van der Waals surface area contributed by atoms with Crippen molar-refractivity contribution < 1.29 is 31.7 Å². The van der Waals surface area contributed by atoms with Gasteiger partial charge >= 0.3 is 6.36 Å². The van der Waals surface area contributed by atoms with E-state index in [0.29, 0.717) is 5.56 Å². The van der Waals surface area contributed by atoms with Crippen molar-refractivity contribution in [2.75, 3.05) is 6.26 Å². The molecule has 0 radical (unpaired) electrons. The zero-order chi connectivity index (χ0) is 26.9. The molecule has 0 aliphatic heterocycles. The van der Waals surface area contributed by atoms with Crippen LogP contribution in [0.25, 0.3) is 0 Å². The first-order valence-corrected chi connectivity index (χ1v) is 13.2. The fourth-order valence-corrected chi connectivity index (χ4v) is 4.97. The molecule has 36 heavy (non-hydrogen) atoms. The topological polar surface area (TPSA) is 70.9 Å². The fraction of sp³-hybridized carbons (Fsp3) is 0.240. The zero-order valence-electron chi connectivity index (χ0n) is 20.0. The van der Waals surface area contributed by atoms with E-state index in [2.05, 4.69) is 14.6 Å². The molecule has 3 aromatic rings. The van der Waals surface area contributed by atoms with Gasteiger partial charge in [0, 0.05) is 17.2 Å². The molecule has 0 spiro atoms. The molecule has 0 heterocycles. The molecule has 0 bridgehead atoms. The number of nitrogens with one attached hydrogen (secondary N) is 1. The third-order valence-electron chi connectivity index (χ3n) is 4.76. The van der Waals surface area contributed by atoms with Crippen molar-refractivity contribution in [2.45, 2.75) is 43.0 Å². The predicted octanol–water partition coefficient (Wildman–Crippen LogP) is 7.07. The smallest absolute Gasteiger partial charge is 0.410 e. The normalized spacial score (nSPS) is 13.4. The first-order valence-electron chi connectivity index (χ1n) is 10.8. The largest absolute Gasteiger partial charge is 0.573 e. The molecule has 3 aromatic carbocycles. The van der Waals surface area contributed by atoms with Gasteiger partial charge in [0.25, 0.3) is 0 Å². The molecular weight excluding hydrogens is 516 g/mol. The second-order valence-electron chi connectivity index (χ2n) is 7.02. The Morgan fingerprint density at radius 3 is 2.25 bits per heavy atom. The minimum absolute atomic E-state index is 0.0292. The molecule has 2 atom stereocenters. The van der Waals surface area contributed by atoms with Crippen molar-refractivity contribution in [3.8, 4) is 5.75 Å². The summed E-state index contributed by atoms with van der Waals surface area (Å²) in [5, 5.41) is 13.1. The first-order chi connectivity index (χ1) is 17.1. The average molecular weight is 543 g/mol. The molecule has 0 saturated heterocycles. The van der Waals surface area contributed by atoms with Crippen LogP contribution in [-0.2, 0) is 10.8 Å². The molecule has 0 aliphatic rings. The zero-order valence-corrected chi connectivity index (χ0v) is 21.6. The van der Waals surface area contributed by atoms with Crippen LogP contribution in [0.5, 0.6) is 5.75 Å². The number of oxime groups is 1. The van der Waals surface area contributed by atoms with Crippen molar-refractivity contribution in [1.29, 1.82) is 0 Å². The van der Waals surface area contributed by atoms with E-state index >= 15 is 0 Å². The number of ether oxygens (including phenoxy) is 1. The Kier molecular flexibility index (Phi) is 10.9. The Hall–Kier alpha value is -2.89. The maximum Gasteiger partial charge on any atom is 0.573 e. The number of hydrogen-bond acceptors (Lipinski definition) is 6. The van der Waals surface area contributed by atoms with Crippen LogP contribution in [0.4, 0.5) is 17.6 Å². The molecule has 0 amide bonds. The number of alkyl halides is 3. The molecule has 0 fully saturated rings. The average Bonchev–Trinajstić information content (AvgIpc) is 2.86. The molecule has 11 heteroatoms. The number of halogens is 4. The number of rotatable bonds is 8. The van der Waals surface area contributed by atoms with Crippen LogP contribution in [0.15, 0.2) is 81.7 Å². The van der Waals surface area contributed by atoms with Crippen LogP contribution in [0.1, 0.15) is 43.5 Å². The van der Waals surface area contributed by atoms with Gasteiger partial charge in [-0.1, -0.05) is 67.3 Å². The van der Waals surface area contributed by atoms with E-state index in [9.17, 15) is 27.0 Å². The summed E-state index contributed by atoms with van der Waals surface area (Å²) in [6.45, 7) is 5.96. The molecule has 0 aromatic heterocycles. The summed E-state index contributed by atoms with van der Waals surface area (Å²) in [4.78, 5) is -0.446. The van der Waals surface area contributed by atoms with Gasteiger partial charge in [-0.05, 0) is 49.1 Å². The molecule has 0 saturated carbocycles. The van der Waals surface area contributed by atoms with E-state index in [-0.39, 0.29) is 27.1 Å². The van der Waals surface area contributed by atoms with Gasteiger partial charge < -0.3 is 9.94 Å². The molecule has 3 rings (SSSR count). The van der Waals surface area contributed by atoms with Crippen LogP contribution in [0, 0.1) is 5.82 Å². The molecule has 5 nitrogen and oxygen atoms in total. The highest BCUT2D eigenvalue weighted by Crippen LogP contribution is 2.31. The van der Waals surface area contributed by atoms with Crippen molar-refractivity contribution in [3.05, 3.63) is 89.2 Å². The maximum absolute atomic E-state index is 14.3. The second kappa shape index (κ2) is 13.4. The molecule has 2 N–H and O–H groups in total. The SMILES string of the molecule is CC.CSN[C@@H](C)c1ccc(/C(=N\O)c2ccc(OC(F)(F)F)cc2S(=O)c2ccccc2F)cc1. The summed E-state index contributed by atoms with van der Waals surface area (Å²) in [6.07, 6.45) is -3.09. The number of nitrogens with zero attached hydrogens (tertiary/aromatic N) is 1. The lowest BCUT2D eigenvalue weighted by molar-refractivity contribution is -0.274. The van der Waals surface area contributed by atoms with E-state index in [1.807, 2.05) is 27.0 Å². The Morgan fingerprint density at radius 1 is 1.06 bits per heavy atom. The van der Waals surface area contributed by atoms with Gasteiger partial charge in [-0.2, -0.15) is 0 Å². The van der Waals surface area contributed by atoms with Gasteiger partial charge in [0.2, 0.25) is 0 Å². The van der Waals surface area contributed by atoms with Crippen molar-refractivity contribution in [1.82, 2.24) is 4.72 Å². The summed E-state index contributed by atoms with van der Waals surface area (Å²) < 4.78 is 73.1. The minimum atomic E-state index is -4.98. The van der Waals surface area contributed by atoms with Crippen LogP contribution in [0.3, 0.4) is 0 Å². The molecule has 194 valence electrons. The third kappa shape index (κ3) is 7.55. The van der Waals surface area contributed by atoms with Gasteiger partial charge in [0.05, 0.1) is 20.6 Å². The highest BCUT2D eigenvalue weighted by molar-refractivity contribution is 7.96. The van der Waals surface area contributed by atoms with Gasteiger partial charge in [-0.3, -0.25) is 4.72 Å². The van der Waals surface area contributed by atoms with E-state index < -0.39 is 28.7 Å². The highest BCUT2D eigenvalue weighted by Gasteiger charge is 2.32. The van der Waals surface area contributed by atoms with Crippen molar-refractivity contribution >= 4 is 28.5 Å². The summed E-state index contributed by atoms with van der Waals surface area (Å²) in [5.41, 5.74) is 1.37. The molecule has 1 unspecified atom stereocenters. The Balaban J connectivity index is 0.00000222. The number of benzene rings is 3. The quantitative estimate of drug-likeness (QED) is 0.105. The van der Waals surface area contributed by atoms with Crippen molar-refractivity contribution in [3.63, 3.8) is 0 Å². The first kappa shape index (κ1) is 29.3. The Bertz CT molecular complexity index is 1200. The highest BCUT2D eigenvalue weighted by atomic mass is 32.2. The predicted molar refractivity (Wildman–Crippen MR) is 134 cm³/mol. The summed E-state index contributed by atoms with van der Waals surface area (Å²) >= 11 is 1.46. The molecule has 0 aliphatic carbocycles. The van der Waals surface area contributed by atoms with E-state index in [0.717, 1.165) is 23.8 Å². The summed E-state index contributed by atoms with van der Waals surface area (Å²) in [7, 11) is -2.25. The second-order valence-corrected chi connectivity index (χ2v) is 9.08. The Morgan fingerprint density at radius 2 is 1.69 bits per heavy atom. The lowest BCUT2D eigenvalue weighted by Gasteiger charge is -2.16. The maximum atomic E-state index is 14.3. The van der Waals surface area contributed by atoms with Gasteiger partial charge in [-0.25, -0.2) is 8.60 Å².